The molecule has 0 bridgehead atoms. The second-order valence-electron chi connectivity index (χ2n) is 3.27. The maximum atomic E-state index is 10.7. The number of ether oxygens (including phenoxy) is 1. The van der Waals surface area contributed by atoms with Gasteiger partial charge >= 0.3 is 5.82 Å². The van der Waals surface area contributed by atoms with Crippen LogP contribution in [0.3, 0.4) is 0 Å². The summed E-state index contributed by atoms with van der Waals surface area (Å²) in [6.45, 7) is 3.65. The van der Waals surface area contributed by atoms with Gasteiger partial charge in [-0.3, -0.25) is 9.88 Å². The molecule has 1 atom stereocenters. The molecule has 1 aromatic rings. The molecular formula is C8H13N5O3. The van der Waals surface area contributed by atoms with Crippen LogP contribution in [0.15, 0.2) is 6.33 Å². The topological polar surface area (TPSA) is 94.2 Å². The minimum absolute atomic E-state index is 0.173. The van der Waals surface area contributed by atoms with Gasteiger partial charge in [-0.25, -0.2) is 0 Å². The lowest BCUT2D eigenvalue weighted by atomic mass is 10.6. The predicted octanol–water partition coefficient (Wildman–Crippen LogP) is 0.299. The van der Waals surface area contributed by atoms with Crippen molar-refractivity contribution in [2.24, 2.45) is 0 Å². The number of nitrogens with one attached hydrogen (secondary N) is 2. The maximum absolute atomic E-state index is 10.7. The summed E-state index contributed by atoms with van der Waals surface area (Å²) in [6, 6.07) is 0. The SMILES string of the molecule is CCOC1NCCNc2c([N+](=O)[O-])ncn21. The Morgan fingerprint density at radius 3 is 3.25 bits per heavy atom. The third-order valence-electron chi connectivity index (χ3n) is 2.26. The average Bonchev–Trinajstić information content (AvgIpc) is 2.58. The third-order valence-corrected chi connectivity index (χ3v) is 2.26. The lowest BCUT2D eigenvalue weighted by Crippen LogP contribution is -2.28. The standard InChI is InChI=1S/C8H13N5O3/c1-2-16-8-10-4-3-9-6-7(13(14)15)11-5-12(6)8/h5,8-10H,2-4H2,1H3. The van der Waals surface area contributed by atoms with Crippen LogP contribution in [-0.4, -0.2) is 34.2 Å². The number of rotatable bonds is 3. The van der Waals surface area contributed by atoms with E-state index in [1.54, 1.807) is 4.57 Å². The van der Waals surface area contributed by atoms with Crippen LogP contribution in [0.4, 0.5) is 11.6 Å². The molecule has 8 heteroatoms. The van der Waals surface area contributed by atoms with Crippen molar-refractivity contribution in [1.29, 1.82) is 0 Å². The molecule has 0 aromatic carbocycles. The second-order valence-corrected chi connectivity index (χ2v) is 3.27. The normalized spacial score (nSPS) is 19.7. The zero-order valence-corrected chi connectivity index (χ0v) is 8.84. The van der Waals surface area contributed by atoms with Gasteiger partial charge in [-0.15, -0.1) is 0 Å². The highest BCUT2D eigenvalue weighted by atomic mass is 16.6. The van der Waals surface area contributed by atoms with Crippen LogP contribution in [0.2, 0.25) is 0 Å². The van der Waals surface area contributed by atoms with E-state index in [1.807, 2.05) is 6.92 Å². The van der Waals surface area contributed by atoms with Crippen molar-refractivity contribution in [2.45, 2.75) is 13.3 Å². The molecule has 1 aromatic heterocycles. The summed E-state index contributed by atoms with van der Waals surface area (Å²) in [5, 5.41) is 16.8. The van der Waals surface area contributed by atoms with Gasteiger partial charge < -0.3 is 20.2 Å². The van der Waals surface area contributed by atoms with Crippen LogP contribution in [0.1, 0.15) is 13.3 Å². The molecule has 88 valence electrons. The van der Waals surface area contributed by atoms with E-state index in [2.05, 4.69) is 15.6 Å². The van der Waals surface area contributed by atoms with Crippen LogP contribution in [0, 0.1) is 10.1 Å². The molecule has 1 aliphatic heterocycles. The number of anilines is 1. The first kappa shape index (κ1) is 10.8. The van der Waals surface area contributed by atoms with Crippen LogP contribution >= 0.6 is 0 Å². The molecule has 0 spiro atoms. The molecule has 0 aliphatic carbocycles. The fourth-order valence-electron chi connectivity index (χ4n) is 1.60. The van der Waals surface area contributed by atoms with E-state index in [0.717, 1.165) is 0 Å². The first-order chi connectivity index (χ1) is 7.74. The van der Waals surface area contributed by atoms with Gasteiger partial charge in [-0.05, 0) is 16.8 Å². The van der Waals surface area contributed by atoms with Gasteiger partial charge in [0.2, 0.25) is 12.1 Å². The summed E-state index contributed by atoms with van der Waals surface area (Å²) in [7, 11) is 0. The van der Waals surface area contributed by atoms with Crippen molar-refractivity contribution in [3.05, 3.63) is 16.4 Å². The Bertz CT molecular complexity index is 391. The zero-order valence-electron chi connectivity index (χ0n) is 8.84. The summed E-state index contributed by atoms with van der Waals surface area (Å²) in [5.41, 5.74) is 0. The van der Waals surface area contributed by atoms with Crippen molar-refractivity contribution >= 4 is 11.6 Å². The van der Waals surface area contributed by atoms with Crippen molar-refractivity contribution in [3.63, 3.8) is 0 Å². The molecule has 0 saturated heterocycles. The molecule has 0 fully saturated rings. The Hall–Kier alpha value is -1.67. The van der Waals surface area contributed by atoms with E-state index >= 15 is 0 Å². The van der Waals surface area contributed by atoms with E-state index in [9.17, 15) is 10.1 Å². The number of hydrogen-bond acceptors (Lipinski definition) is 6. The Labute approximate surface area is 91.8 Å². The molecule has 2 rings (SSSR count). The molecule has 2 heterocycles. The summed E-state index contributed by atoms with van der Waals surface area (Å²) >= 11 is 0. The third kappa shape index (κ3) is 1.84. The number of fused-ring (bicyclic) bond motifs is 1. The molecule has 16 heavy (non-hydrogen) atoms. The highest BCUT2D eigenvalue weighted by Gasteiger charge is 2.27. The van der Waals surface area contributed by atoms with Crippen LogP contribution in [0.25, 0.3) is 0 Å². The Morgan fingerprint density at radius 2 is 2.56 bits per heavy atom. The van der Waals surface area contributed by atoms with E-state index in [0.29, 0.717) is 25.5 Å². The molecular weight excluding hydrogens is 214 g/mol. The smallest absolute Gasteiger partial charge is 0.363 e. The van der Waals surface area contributed by atoms with Gasteiger partial charge in [0, 0.05) is 19.7 Å². The molecule has 1 unspecified atom stereocenters. The van der Waals surface area contributed by atoms with Crippen molar-refractivity contribution in [3.8, 4) is 0 Å². The van der Waals surface area contributed by atoms with Crippen molar-refractivity contribution < 1.29 is 9.66 Å². The Balaban J connectivity index is 2.35. The summed E-state index contributed by atoms with van der Waals surface area (Å²) in [4.78, 5) is 14.0. The first-order valence-corrected chi connectivity index (χ1v) is 5.04. The lowest BCUT2D eigenvalue weighted by Gasteiger charge is -2.16. The fourth-order valence-corrected chi connectivity index (χ4v) is 1.60. The van der Waals surface area contributed by atoms with Crippen LogP contribution in [0.5, 0.6) is 0 Å². The van der Waals surface area contributed by atoms with Gasteiger partial charge in [-0.2, -0.15) is 0 Å². The average molecular weight is 227 g/mol. The number of imidazole rings is 1. The molecule has 8 nitrogen and oxygen atoms in total. The highest BCUT2D eigenvalue weighted by molar-refractivity contribution is 5.52. The van der Waals surface area contributed by atoms with E-state index < -0.39 is 11.3 Å². The zero-order chi connectivity index (χ0) is 11.5. The number of nitrogens with zero attached hydrogens (tertiary/aromatic N) is 3. The predicted molar refractivity (Wildman–Crippen MR) is 56.0 cm³/mol. The minimum Gasteiger partial charge on any atom is -0.363 e. The minimum atomic E-state index is -0.507. The monoisotopic (exact) mass is 227 g/mol. The molecule has 0 radical (unpaired) electrons. The van der Waals surface area contributed by atoms with Crippen molar-refractivity contribution in [1.82, 2.24) is 14.9 Å². The lowest BCUT2D eigenvalue weighted by molar-refractivity contribution is -0.388. The molecule has 1 aliphatic rings. The van der Waals surface area contributed by atoms with Gasteiger partial charge in [0.1, 0.15) is 0 Å². The Kier molecular flexibility index (Phi) is 3.02. The van der Waals surface area contributed by atoms with Gasteiger partial charge in [0.25, 0.3) is 0 Å². The van der Waals surface area contributed by atoms with Crippen LogP contribution in [-0.2, 0) is 4.74 Å². The van der Waals surface area contributed by atoms with E-state index in [-0.39, 0.29) is 5.82 Å². The number of hydrogen-bond donors (Lipinski definition) is 2. The van der Waals surface area contributed by atoms with Crippen molar-refractivity contribution in [2.75, 3.05) is 25.0 Å². The molecule has 0 saturated carbocycles. The molecule has 2 N–H and O–H groups in total. The number of nitro groups is 1. The summed E-state index contributed by atoms with van der Waals surface area (Å²) < 4.78 is 7.02. The fraction of sp³-hybridized carbons (Fsp3) is 0.625. The summed E-state index contributed by atoms with van der Waals surface area (Å²) in [5.74, 6) is 0.210. The summed E-state index contributed by atoms with van der Waals surface area (Å²) in [6.07, 6.45) is 0.996. The van der Waals surface area contributed by atoms with E-state index in [4.69, 9.17) is 4.74 Å². The first-order valence-electron chi connectivity index (χ1n) is 5.04. The van der Waals surface area contributed by atoms with E-state index in [1.165, 1.54) is 6.33 Å². The van der Waals surface area contributed by atoms with Gasteiger partial charge in [0.05, 0.1) is 0 Å². The Morgan fingerprint density at radius 1 is 1.75 bits per heavy atom. The van der Waals surface area contributed by atoms with Gasteiger partial charge in [0.15, 0.2) is 6.35 Å². The highest BCUT2D eigenvalue weighted by Crippen LogP contribution is 2.26. The second kappa shape index (κ2) is 4.45. The molecule has 0 amide bonds. The number of aromatic nitrogens is 2. The quantitative estimate of drug-likeness (QED) is 0.569. The van der Waals surface area contributed by atoms with Crippen LogP contribution < -0.4 is 10.6 Å². The van der Waals surface area contributed by atoms with Gasteiger partial charge in [-0.1, -0.05) is 0 Å². The largest absolute Gasteiger partial charge is 0.406 e. The maximum Gasteiger partial charge on any atom is 0.406 e.